The predicted molar refractivity (Wildman–Crippen MR) is 164 cm³/mol. The number of halogens is 1. The average molecular weight is 599 g/mol. The van der Waals surface area contributed by atoms with E-state index >= 15 is 0 Å². The molecule has 1 saturated heterocycles. The lowest BCUT2D eigenvalue weighted by molar-refractivity contribution is -0.114. The highest BCUT2D eigenvalue weighted by molar-refractivity contribution is 9.08. The van der Waals surface area contributed by atoms with Crippen molar-refractivity contribution in [3.8, 4) is 5.75 Å². The number of likely N-dealkylation sites (tertiary alicyclic amines) is 1. The number of rotatable bonds is 8. The van der Waals surface area contributed by atoms with Crippen LogP contribution in [0, 0.1) is 11.8 Å². The fraction of sp³-hybridized carbons (Fsp3) is 0.531. The molecule has 3 rings (SSSR count). The second kappa shape index (κ2) is 12.2. The number of hydrogen-bond donors (Lipinski definition) is 2. The van der Waals surface area contributed by atoms with Gasteiger partial charge in [-0.05, 0) is 59.4 Å². The number of amidine groups is 1. The molecule has 0 saturated carbocycles. The number of nitrogens with one attached hydrogen (secondary N) is 1. The van der Waals surface area contributed by atoms with Gasteiger partial charge in [-0.3, -0.25) is 9.59 Å². The van der Waals surface area contributed by atoms with Crippen LogP contribution in [-0.2, 0) is 22.0 Å². The van der Waals surface area contributed by atoms with Crippen molar-refractivity contribution < 1.29 is 14.7 Å². The first kappa shape index (κ1) is 30.9. The van der Waals surface area contributed by atoms with Crippen molar-refractivity contribution in [1.29, 1.82) is 0 Å². The summed E-state index contributed by atoms with van der Waals surface area (Å²) in [5, 5.41) is 13.9. The maximum atomic E-state index is 13.8. The Morgan fingerprint density at radius 2 is 1.62 bits per heavy atom. The van der Waals surface area contributed by atoms with Crippen molar-refractivity contribution in [2.75, 3.05) is 18.4 Å². The minimum absolute atomic E-state index is 0.0233. The number of carbonyl (C=O) groups is 2. The second-order valence-electron chi connectivity index (χ2n) is 12.9. The molecule has 1 heterocycles. The van der Waals surface area contributed by atoms with Gasteiger partial charge in [0.15, 0.2) is 5.78 Å². The van der Waals surface area contributed by atoms with Crippen LogP contribution in [-0.4, -0.2) is 40.6 Å². The summed E-state index contributed by atoms with van der Waals surface area (Å²) >= 11 is 3.37. The third-order valence-corrected chi connectivity index (χ3v) is 7.90. The lowest BCUT2D eigenvalue weighted by Gasteiger charge is -2.28. The van der Waals surface area contributed by atoms with Gasteiger partial charge in [0.05, 0.1) is 22.7 Å². The number of ketones is 1. The topological polar surface area (TPSA) is 82.0 Å². The van der Waals surface area contributed by atoms with Gasteiger partial charge < -0.3 is 15.3 Å². The van der Waals surface area contributed by atoms with Crippen LogP contribution in [0.4, 0.5) is 5.69 Å². The van der Waals surface area contributed by atoms with E-state index in [1.165, 1.54) is 12.5 Å². The van der Waals surface area contributed by atoms with E-state index in [2.05, 4.69) is 78.8 Å². The smallest absolute Gasteiger partial charge is 0.221 e. The maximum Gasteiger partial charge on any atom is 0.221 e. The van der Waals surface area contributed by atoms with Crippen LogP contribution in [0.2, 0.25) is 0 Å². The van der Waals surface area contributed by atoms with E-state index in [1.54, 1.807) is 0 Å². The maximum absolute atomic E-state index is 13.8. The standard InChI is InChI=1S/C32H44BrN3O3/c1-9-10-22-18-36(30(35-33)25(22)15-21-11-13-24(14-12-21)34-20(2)37)19-28(38)23-16-26(31(3,4)5)29(39)27(17-23)32(6,7)8/h11-14,16-17,22,25,39H,9-10,15,18-19H2,1-8H3,(H,34,37)/t22-,25+/m0/s1. The molecule has 39 heavy (non-hydrogen) atoms. The number of anilines is 1. The van der Waals surface area contributed by atoms with Crippen molar-refractivity contribution in [1.82, 2.24) is 4.90 Å². The Balaban J connectivity index is 1.88. The van der Waals surface area contributed by atoms with Crippen LogP contribution in [0.25, 0.3) is 0 Å². The van der Waals surface area contributed by atoms with E-state index in [0.29, 0.717) is 11.5 Å². The summed E-state index contributed by atoms with van der Waals surface area (Å²) in [7, 11) is 0. The SMILES string of the molecule is CCC[C@H]1CN(CC(=O)c2cc(C(C)(C)C)c(O)c(C(C)(C)C)c2)C(=NBr)[C@@H]1Cc1ccc(NC(C)=O)cc1. The normalized spacial score (nSPS) is 19.0. The zero-order valence-electron chi connectivity index (χ0n) is 24.7. The number of phenolic OH excluding ortho intramolecular Hbond substituents is 1. The fourth-order valence-electron chi connectivity index (χ4n) is 5.52. The van der Waals surface area contributed by atoms with Crippen molar-refractivity contribution >= 4 is 39.4 Å². The molecule has 0 bridgehead atoms. The van der Waals surface area contributed by atoms with Gasteiger partial charge in [0.25, 0.3) is 0 Å². The molecule has 1 aliphatic heterocycles. The van der Waals surface area contributed by atoms with E-state index in [1.807, 2.05) is 36.4 Å². The van der Waals surface area contributed by atoms with Gasteiger partial charge in [-0.1, -0.05) is 67.0 Å². The lowest BCUT2D eigenvalue weighted by atomic mass is 9.78. The molecule has 0 aliphatic carbocycles. The molecule has 2 N–H and O–H groups in total. The van der Waals surface area contributed by atoms with Gasteiger partial charge in [0, 0.05) is 41.8 Å². The van der Waals surface area contributed by atoms with E-state index < -0.39 is 0 Å². The number of amides is 1. The van der Waals surface area contributed by atoms with Crippen molar-refractivity contribution in [3.63, 3.8) is 0 Å². The summed E-state index contributed by atoms with van der Waals surface area (Å²) in [6, 6.07) is 11.7. The highest BCUT2D eigenvalue weighted by Crippen LogP contribution is 2.40. The summed E-state index contributed by atoms with van der Waals surface area (Å²) < 4.78 is 4.52. The number of nitrogens with zero attached hydrogens (tertiary/aromatic N) is 2. The Kier molecular flexibility index (Phi) is 9.69. The Morgan fingerprint density at radius 3 is 2.08 bits per heavy atom. The van der Waals surface area contributed by atoms with E-state index in [4.69, 9.17) is 0 Å². The number of carbonyl (C=O) groups excluding carboxylic acids is 2. The summed E-state index contributed by atoms with van der Waals surface area (Å²) in [6.07, 6.45) is 2.91. The monoisotopic (exact) mass is 597 g/mol. The summed E-state index contributed by atoms with van der Waals surface area (Å²) in [6.45, 7) is 17.0. The van der Waals surface area contributed by atoms with Gasteiger partial charge in [-0.15, -0.1) is 0 Å². The highest BCUT2D eigenvalue weighted by Gasteiger charge is 2.39. The van der Waals surface area contributed by atoms with Crippen molar-refractivity contribution in [3.05, 3.63) is 58.7 Å². The number of hydrogen-bond acceptors (Lipinski definition) is 4. The molecule has 0 unspecified atom stereocenters. The molecule has 2 aromatic carbocycles. The molecule has 6 nitrogen and oxygen atoms in total. The Morgan fingerprint density at radius 1 is 1.05 bits per heavy atom. The van der Waals surface area contributed by atoms with E-state index in [0.717, 1.165) is 48.5 Å². The summed E-state index contributed by atoms with van der Waals surface area (Å²) in [5.74, 6) is 1.67. The molecule has 7 heteroatoms. The first-order valence-corrected chi connectivity index (χ1v) is 14.6. The van der Waals surface area contributed by atoms with E-state index in [9.17, 15) is 14.7 Å². The Hall–Kier alpha value is -2.67. The minimum atomic E-state index is -0.302. The zero-order chi connectivity index (χ0) is 29.1. The molecular weight excluding hydrogens is 554 g/mol. The van der Waals surface area contributed by atoms with Crippen molar-refractivity contribution in [2.45, 2.75) is 85.5 Å². The molecule has 1 amide bonds. The first-order chi connectivity index (χ1) is 18.1. The molecule has 0 aromatic heterocycles. The second-order valence-corrected chi connectivity index (χ2v) is 13.3. The summed E-state index contributed by atoms with van der Waals surface area (Å²) in [5.41, 5.74) is 3.55. The Labute approximate surface area is 242 Å². The highest BCUT2D eigenvalue weighted by atomic mass is 79.9. The van der Waals surface area contributed by atoms with Crippen LogP contribution in [0.1, 0.15) is 95.3 Å². The molecular formula is C32H44BrN3O3. The largest absolute Gasteiger partial charge is 0.507 e. The van der Waals surface area contributed by atoms with Gasteiger partial charge in [-0.25, -0.2) is 0 Å². The molecule has 0 radical (unpaired) electrons. The molecule has 1 fully saturated rings. The number of phenols is 1. The Bertz CT molecular complexity index is 1190. The van der Waals surface area contributed by atoms with Crippen LogP contribution in [0.15, 0.2) is 40.4 Å². The molecule has 2 atom stereocenters. The van der Waals surface area contributed by atoms with Gasteiger partial charge in [0.1, 0.15) is 11.6 Å². The number of Topliss-reactive ketones (excluding diaryl/α,β-unsaturated/α-hetero) is 1. The van der Waals surface area contributed by atoms with Crippen LogP contribution in [0.3, 0.4) is 0 Å². The third-order valence-electron chi connectivity index (χ3n) is 7.54. The first-order valence-electron chi connectivity index (χ1n) is 13.9. The zero-order valence-corrected chi connectivity index (χ0v) is 26.3. The van der Waals surface area contributed by atoms with Crippen molar-refractivity contribution in [2.24, 2.45) is 15.9 Å². The minimum Gasteiger partial charge on any atom is -0.507 e. The quantitative estimate of drug-likeness (QED) is 0.310. The van der Waals surface area contributed by atoms with Crippen LogP contribution >= 0.6 is 16.1 Å². The van der Waals surface area contributed by atoms with Crippen LogP contribution < -0.4 is 5.32 Å². The molecule has 0 spiro atoms. The van der Waals surface area contributed by atoms with Gasteiger partial charge in [-0.2, -0.15) is 4.02 Å². The number of aromatic hydroxyl groups is 1. The molecule has 2 aromatic rings. The predicted octanol–water partition coefficient (Wildman–Crippen LogP) is 7.43. The number of benzene rings is 2. The van der Waals surface area contributed by atoms with E-state index in [-0.39, 0.29) is 40.7 Å². The third kappa shape index (κ3) is 7.50. The average Bonchev–Trinajstić information content (AvgIpc) is 3.14. The van der Waals surface area contributed by atoms with Gasteiger partial charge in [0.2, 0.25) is 5.91 Å². The van der Waals surface area contributed by atoms with Gasteiger partial charge >= 0.3 is 0 Å². The summed E-state index contributed by atoms with van der Waals surface area (Å²) in [4.78, 5) is 27.3. The molecule has 212 valence electrons. The van der Waals surface area contributed by atoms with Crippen LogP contribution in [0.5, 0.6) is 5.75 Å². The molecule has 1 aliphatic rings. The lowest BCUT2D eigenvalue weighted by Crippen LogP contribution is -2.33. The fourth-order valence-corrected chi connectivity index (χ4v) is 6.00.